The molecule has 0 spiro atoms. The highest BCUT2D eigenvalue weighted by molar-refractivity contribution is 5.76. The Bertz CT molecular complexity index is 826. The molecular formula is C18H22N4O2. The second-order valence-corrected chi connectivity index (χ2v) is 7.06. The van der Waals surface area contributed by atoms with Crippen LogP contribution in [-0.4, -0.2) is 38.2 Å². The standard InChI is InChI=1S/C18H22N4O2/c1-13-19-22(17(24)20(13)2)12-16(23)21-10-15(11-21)18(8-9-18)14-6-4-3-5-7-14/h3-7,15H,8-12H2,1-2H3. The summed E-state index contributed by atoms with van der Waals surface area (Å²) in [5, 5.41) is 4.14. The Hall–Kier alpha value is -2.37. The second-order valence-electron chi connectivity index (χ2n) is 7.06. The molecule has 0 bridgehead atoms. The summed E-state index contributed by atoms with van der Waals surface area (Å²) in [6, 6.07) is 10.6. The molecule has 6 heteroatoms. The fraction of sp³-hybridized carbons (Fsp3) is 0.500. The highest BCUT2D eigenvalue weighted by Crippen LogP contribution is 2.56. The van der Waals surface area contributed by atoms with Crippen LogP contribution in [0.25, 0.3) is 0 Å². The molecule has 1 saturated carbocycles. The average Bonchev–Trinajstić information content (AvgIpc) is 3.29. The minimum Gasteiger partial charge on any atom is -0.340 e. The van der Waals surface area contributed by atoms with Crippen LogP contribution in [0.2, 0.25) is 0 Å². The van der Waals surface area contributed by atoms with Gasteiger partial charge in [0.2, 0.25) is 5.91 Å². The van der Waals surface area contributed by atoms with Crippen LogP contribution in [0, 0.1) is 12.8 Å². The molecule has 1 saturated heterocycles. The second kappa shape index (κ2) is 5.33. The zero-order valence-electron chi connectivity index (χ0n) is 14.1. The molecule has 2 aromatic rings. The van der Waals surface area contributed by atoms with Gasteiger partial charge in [0.05, 0.1) is 0 Å². The third-order valence-corrected chi connectivity index (χ3v) is 5.70. The molecule has 1 amide bonds. The van der Waals surface area contributed by atoms with Crippen molar-refractivity contribution in [1.82, 2.24) is 19.2 Å². The highest BCUT2D eigenvalue weighted by atomic mass is 16.2. The third kappa shape index (κ3) is 2.28. The smallest absolute Gasteiger partial charge is 0.340 e. The van der Waals surface area contributed by atoms with Crippen molar-refractivity contribution in [3.8, 4) is 0 Å². The van der Waals surface area contributed by atoms with Gasteiger partial charge in [0.1, 0.15) is 12.4 Å². The summed E-state index contributed by atoms with van der Waals surface area (Å²) in [6.07, 6.45) is 2.42. The van der Waals surface area contributed by atoms with E-state index < -0.39 is 0 Å². The van der Waals surface area contributed by atoms with Crippen LogP contribution in [-0.2, 0) is 23.8 Å². The third-order valence-electron chi connectivity index (χ3n) is 5.70. The van der Waals surface area contributed by atoms with Gasteiger partial charge >= 0.3 is 5.69 Å². The molecule has 4 rings (SSSR count). The largest absolute Gasteiger partial charge is 0.346 e. The first kappa shape index (κ1) is 15.2. The van der Waals surface area contributed by atoms with E-state index in [2.05, 4.69) is 29.4 Å². The van der Waals surface area contributed by atoms with Gasteiger partial charge in [-0.25, -0.2) is 9.48 Å². The quantitative estimate of drug-likeness (QED) is 0.845. The van der Waals surface area contributed by atoms with Crippen molar-refractivity contribution in [2.45, 2.75) is 31.7 Å². The van der Waals surface area contributed by atoms with Gasteiger partial charge in [0, 0.05) is 31.5 Å². The normalized spacial score (nSPS) is 19.2. The minimum atomic E-state index is -0.235. The summed E-state index contributed by atoms with van der Waals surface area (Å²) < 4.78 is 2.72. The first-order valence-corrected chi connectivity index (χ1v) is 8.45. The SMILES string of the molecule is Cc1nn(CC(=O)N2CC(C3(c4ccccc4)CC3)C2)c(=O)n1C. The Morgan fingerprint density at radius 3 is 2.46 bits per heavy atom. The van der Waals surface area contributed by atoms with Gasteiger partial charge in [-0.2, -0.15) is 5.10 Å². The number of amides is 1. The predicted octanol–water partition coefficient (Wildman–Crippen LogP) is 1.08. The number of rotatable bonds is 4. The Balaban J connectivity index is 1.40. The minimum absolute atomic E-state index is 0.0182. The lowest BCUT2D eigenvalue weighted by Gasteiger charge is -2.44. The Kier molecular flexibility index (Phi) is 3.37. The molecule has 1 aromatic carbocycles. The van der Waals surface area contributed by atoms with Gasteiger partial charge < -0.3 is 4.90 Å². The number of hydrogen-bond donors (Lipinski definition) is 0. The fourth-order valence-electron chi connectivity index (χ4n) is 3.80. The zero-order chi connectivity index (χ0) is 16.9. The van der Waals surface area contributed by atoms with E-state index in [1.165, 1.54) is 27.7 Å². The predicted molar refractivity (Wildman–Crippen MR) is 89.6 cm³/mol. The summed E-state index contributed by atoms with van der Waals surface area (Å²) in [5.74, 6) is 1.14. The molecule has 2 heterocycles. The molecule has 0 N–H and O–H groups in total. The molecule has 0 radical (unpaired) electrons. The Morgan fingerprint density at radius 1 is 1.25 bits per heavy atom. The van der Waals surface area contributed by atoms with Gasteiger partial charge in [-0.15, -0.1) is 0 Å². The lowest BCUT2D eigenvalue weighted by molar-refractivity contribution is -0.139. The summed E-state index contributed by atoms with van der Waals surface area (Å²) in [5.41, 5.74) is 1.44. The molecule has 24 heavy (non-hydrogen) atoms. The number of benzene rings is 1. The first-order valence-electron chi connectivity index (χ1n) is 8.45. The van der Waals surface area contributed by atoms with Gasteiger partial charge in [0.25, 0.3) is 0 Å². The number of carbonyl (C=O) groups is 1. The van der Waals surface area contributed by atoms with Crippen LogP contribution in [0.1, 0.15) is 24.2 Å². The average molecular weight is 326 g/mol. The number of hydrogen-bond acceptors (Lipinski definition) is 3. The molecule has 1 aromatic heterocycles. The monoisotopic (exact) mass is 326 g/mol. The van der Waals surface area contributed by atoms with Gasteiger partial charge in [-0.3, -0.25) is 9.36 Å². The maximum absolute atomic E-state index is 12.4. The van der Waals surface area contributed by atoms with Crippen LogP contribution in [0.15, 0.2) is 35.1 Å². The van der Waals surface area contributed by atoms with Crippen molar-refractivity contribution in [2.24, 2.45) is 13.0 Å². The molecule has 6 nitrogen and oxygen atoms in total. The summed E-state index contributed by atoms with van der Waals surface area (Å²) >= 11 is 0. The summed E-state index contributed by atoms with van der Waals surface area (Å²) in [6.45, 7) is 3.37. The fourth-order valence-corrected chi connectivity index (χ4v) is 3.80. The summed E-state index contributed by atoms with van der Waals surface area (Å²) in [4.78, 5) is 26.2. The number of carbonyl (C=O) groups excluding carboxylic acids is 1. The summed E-state index contributed by atoms with van der Waals surface area (Å²) in [7, 11) is 1.67. The van der Waals surface area contributed by atoms with E-state index in [1.54, 1.807) is 14.0 Å². The number of nitrogens with zero attached hydrogens (tertiary/aromatic N) is 4. The number of aryl methyl sites for hydroxylation is 1. The number of likely N-dealkylation sites (tertiary alicyclic amines) is 1. The van der Waals surface area contributed by atoms with Crippen LogP contribution in [0.3, 0.4) is 0 Å². The van der Waals surface area contributed by atoms with E-state index in [-0.39, 0.29) is 23.6 Å². The van der Waals surface area contributed by atoms with Crippen molar-refractivity contribution in [3.63, 3.8) is 0 Å². The van der Waals surface area contributed by atoms with Crippen molar-refractivity contribution < 1.29 is 4.79 Å². The zero-order valence-corrected chi connectivity index (χ0v) is 14.1. The molecular weight excluding hydrogens is 304 g/mol. The molecule has 0 atom stereocenters. The van der Waals surface area contributed by atoms with Crippen molar-refractivity contribution in [1.29, 1.82) is 0 Å². The van der Waals surface area contributed by atoms with E-state index in [0.29, 0.717) is 11.7 Å². The Labute approximate surface area is 140 Å². The van der Waals surface area contributed by atoms with E-state index >= 15 is 0 Å². The van der Waals surface area contributed by atoms with Gasteiger partial charge in [-0.05, 0) is 25.3 Å². The van der Waals surface area contributed by atoms with E-state index in [4.69, 9.17) is 0 Å². The van der Waals surface area contributed by atoms with E-state index in [9.17, 15) is 9.59 Å². The van der Waals surface area contributed by atoms with E-state index in [0.717, 1.165) is 13.1 Å². The van der Waals surface area contributed by atoms with Crippen LogP contribution in [0.4, 0.5) is 0 Å². The van der Waals surface area contributed by atoms with Gasteiger partial charge in [-0.1, -0.05) is 30.3 Å². The maximum Gasteiger partial charge on any atom is 0.346 e. The van der Waals surface area contributed by atoms with E-state index in [1.807, 2.05) is 11.0 Å². The molecule has 1 aliphatic heterocycles. The highest BCUT2D eigenvalue weighted by Gasteiger charge is 2.55. The van der Waals surface area contributed by atoms with Crippen LogP contribution in [0.5, 0.6) is 0 Å². The Morgan fingerprint density at radius 2 is 1.92 bits per heavy atom. The van der Waals surface area contributed by atoms with Crippen LogP contribution < -0.4 is 5.69 Å². The maximum atomic E-state index is 12.4. The van der Waals surface area contributed by atoms with Crippen molar-refractivity contribution >= 4 is 5.91 Å². The lowest BCUT2D eigenvalue weighted by atomic mass is 9.78. The number of aromatic nitrogens is 3. The molecule has 0 unspecified atom stereocenters. The molecule has 1 aliphatic carbocycles. The van der Waals surface area contributed by atoms with Crippen molar-refractivity contribution in [3.05, 3.63) is 52.2 Å². The topological polar surface area (TPSA) is 60.1 Å². The van der Waals surface area contributed by atoms with Crippen LogP contribution >= 0.6 is 0 Å². The van der Waals surface area contributed by atoms with Crippen molar-refractivity contribution in [2.75, 3.05) is 13.1 Å². The lowest BCUT2D eigenvalue weighted by Crippen LogP contribution is -2.55. The van der Waals surface area contributed by atoms with Gasteiger partial charge in [0.15, 0.2) is 0 Å². The molecule has 126 valence electrons. The molecule has 2 fully saturated rings. The molecule has 2 aliphatic rings. The first-order chi connectivity index (χ1) is 11.5.